The molecule has 19 heavy (non-hydrogen) atoms. The molecule has 2 rings (SSSR count). The maximum absolute atomic E-state index is 13.4. The molecule has 2 aromatic rings. The fraction of sp³-hybridized carbons (Fsp3) is 0.133. The number of aliphatic carboxylic acids is 1. The molecule has 0 heterocycles. The molecule has 0 saturated carbocycles. The molecule has 4 heteroatoms. The average Bonchev–Trinajstić information content (AvgIpc) is 2.47. The third-order valence-corrected chi connectivity index (χ3v) is 6.62. The minimum atomic E-state index is -3.17. The van der Waals surface area contributed by atoms with E-state index in [4.69, 9.17) is 0 Å². The molecule has 0 fully saturated rings. The van der Waals surface area contributed by atoms with Crippen LogP contribution in [-0.2, 0) is 9.36 Å². The summed E-state index contributed by atoms with van der Waals surface area (Å²) in [5.41, 5.74) is -0.947. The van der Waals surface area contributed by atoms with Crippen LogP contribution >= 0.6 is 7.14 Å². The Hall–Kier alpha value is -1.86. The Morgan fingerprint density at radius 2 is 1.32 bits per heavy atom. The van der Waals surface area contributed by atoms with Crippen molar-refractivity contribution in [3.63, 3.8) is 0 Å². The first-order valence-corrected chi connectivity index (χ1v) is 7.78. The average molecular weight is 274 g/mol. The molecule has 2 aromatic carbocycles. The summed E-state index contributed by atoms with van der Waals surface area (Å²) >= 11 is 0. The van der Waals surface area contributed by atoms with Gasteiger partial charge in [-0.15, -0.1) is 0 Å². The normalized spacial score (nSPS) is 12.9. The molecule has 0 saturated heterocycles. The number of carboxylic acids is 1. The van der Waals surface area contributed by atoms with Crippen molar-refractivity contribution in [2.75, 3.05) is 0 Å². The molecule has 1 unspecified atom stereocenters. The molecular weight excluding hydrogens is 259 g/mol. The van der Waals surface area contributed by atoms with E-state index >= 15 is 0 Å². The van der Waals surface area contributed by atoms with Gasteiger partial charge in [-0.3, -0.25) is 4.79 Å². The summed E-state index contributed by atoms with van der Waals surface area (Å²) in [4.78, 5) is 11.3. The number of rotatable bonds is 4. The summed E-state index contributed by atoms with van der Waals surface area (Å²) in [5.74, 6) is -1.05. The van der Waals surface area contributed by atoms with Gasteiger partial charge in [0.15, 0.2) is 7.14 Å². The Kier molecular flexibility index (Phi) is 3.87. The van der Waals surface area contributed by atoms with Gasteiger partial charge in [0.05, 0.1) is 0 Å². The van der Waals surface area contributed by atoms with Crippen LogP contribution in [-0.4, -0.2) is 16.7 Å². The summed E-state index contributed by atoms with van der Waals surface area (Å²) in [6.45, 7) is 1.50. The molecule has 98 valence electrons. The molecule has 0 spiro atoms. The Bertz CT molecular complexity index is 564. The zero-order chi connectivity index (χ0) is 13.9. The molecule has 0 aromatic heterocycles. The molecule has 0 aliphatic rings. The Labute approximate surface area is 112 Å². The van der Waals surface area contributed by atoms with Gasteiger partial charge in [-0.2, -0.15) is 0 Å². The van der Waals surface area contributed by atoms with E-state index in [1.807, 2.05) is 12.1 Å². The number of hydrogen-bond donors (Lipinski definition) is 1. The van der Waals surface area contributed by atoms with Crippen LogP contribution in [0, 0.1) is 0 Å². The number of carboxylic acid groups (broad SMARTS) is 1. The van der Waals surface area contributed by atoms with E-state index in [9.17, 15) is 14.5 Å². The molecule has 0 bridgehead atoms. The second-order valence-electron chi connectivity index (χ2n) is 4.34. The Morgan fingerprint density at radius 1 is 0.947 bits per heavy atom. The summed E-state index contributed by atoms with van der Waals surface area (Å²) < 4.78 is 13.4. The summed E-state index contributed by atoms with van der Waals surface area (Å²) in [7, 11) is -3.17. The first-order valence-electron chi connectivity index (χ1n) is 6.00. The Morgan fingerprint density at radius 3 is 1.63 bits per heavy atom. The van der Waals surface area contributed by atoms with E-state index < -0.39 is 18.8 Å². The van der Waals surface area contributed by atoms with Crippen LogP contribution in [0.2, 0.25) is 0 Å². The zero-order valence-corrected chi connectivity index (χ0v) is 11.5. The van der Waals surface area contributed by atoms with Gasteiger partial charge >= 0.3 is 5.97 Å². The zero-order valence-electron chi connectivity index (χ0n) is 10.6. The van der Waals surface area contributed by atoms with Crippen molar-refractivity contribution >= 4 is 23.7 Å². The lowest BCUT2D eigenvalue weighted by Gasteiger charge is -2.23. The molecule has 3 nitrogen and oxygen atoms in total. The van der Waals surface area contributed by atoms with Crippen molar-refractivity contribution < 1.29 is 14.5 Å². The SMILES string of the molecule is CC(C(=O)O)P(=O)(c1ccccc1)c1ccccc1. The van der Waals surface area contributed by atoms with E-state index in [1.165, 1.54) is 6.92 Å². The summed E-state index contributed by atoms with van der Waals surface area (Å²) in [6, 6.07) is 17.7. The number of benzene rings is 2. The molecule has 1 atom stereocenters. The third-order valence-electron chi connectivity index (χ3n) is 3.18. The minimum Gasteiger partial charge on any atom is -0.481 e. The fourth-order valence-corrected chi connectivity index (χ4v) is 4.78. The standard InChI is InChI=1S/C15H15O3P/c1-12(15(16)17)19(18,13-8-4-2-5-9-13)14-10-6-3-7-11-14/h2-12H,1H3,(H,16,17). The molecule has 0 radical (unpaired) electrons. The summed E-state index contributed by atoms with van der Waals surface area (Å²) in [6.07, 6.45) is 0. The highest BCUT2D eigenvalue weighted by Crippen LogP contribution is 2.48. The third kappa shape index (κ3) is 2.47. The van der Waals surface area contributed by atoms with Crippen molar-refractivity contribution in [2.45, 2.75) is 12.6 Å². The maximum atomic E-state index is 13.4. The quantitative estimate of drug-likeness (QED) is 0.871. The predicted molar refractivity (Wildman–Crippen MR) is 76.9 cm³/mol. The van der Waals surface area contributed by atoms with Crippen molar-refractivity contribution in [2.24, 2.45) is 0 Å². The topological polar surface area (TPSA) is 54.4 Å². The van der Waals surface area contributed by atoms with Crippen molar-refractivity contribution in [3.8, 4) is 0 Å². The predicted octanol–water partition coefficient (Wildman–Crippen LogP) is 2.47. The highest BCUT2D eigenvalue weighted by molar-refractivity contribution is 7.80. The number of carbonyl (C=O) groups is 1. The second-order valence-corrected chi connectivity index (χ2v) is 7.47. The van der Waals surface area contributed by atoms with E-state index in [0.29, 0.717) is 10.6 Å². The highest BCUT2D eigenvalue weighted by atomic mass is 31.2. The molecule has 1 N–H and O–H groups in total. The van der Waals surface area contributed by atoms with E-state index in [1.54, 1.807) is 48.5 Å². The Balaban J connectivity index is 2.65. The maximum Gasteiger partial charge on any atom is 0.314 e. The molecule has 0 amide bonds. The number of hydrogen-bond acceptors (Lipinski definition) is 2. The fourth-order valence-electron chi connectivity index (χ4n) is 2.05. The van der Waals surface area contributed by atoms with Crippen molar-refractivity contribution in [1.29, 1.82) is 0 Å². The van der Waals surface area contributed by atoms with Crippen molar-refractivity contribution in [1.82, 2.24) is 0 Å². The van der Waals surface area contributed by atoms with Crippen molar-refractivity contribution in [3.05, 3.63) is 60.7 Å². The largest absolute Gasteiger partial charge is 0.481 e. The van der Waals surface area contributed by atoms with Gasteiger partial charge in [-0.05, 0) is 6.92 Å². The first kappa shape index (κ1) is 13.6. The van der Waals surface area contributed by atoms with Crippen LogP contribution < -0.4 is 10.6 Å². The van der Waals surface area contributed by atoms with Gasteiger partial charge in [0.2, 0.25) is 0 Å². The van der Waals surface area contributed by atoms with Gasteiger partial charge in [0.1, 0.15) is 5.66 Å². The van der Waals surface area contributed by atoms with Crippen LogP contribution in [0.3, 0.4) is 0 Å². The van der Waals surface area contributed by atoms with Gasteiger partial charge in [-0.25, -0.2) is 0 Å². The second kappa shape index (κ2) is 5.41. The smallest absolute Gasteiger partial charge is 0.314 e. The first-order chi connectivity index (χ1) is 9.06. The van der Waals surface area contributed by atoms with Crippen LogP contribution in [0.5, 0.6) is 0 Å². The van der Waals surface area contributed by atoms with Crippen LogP contribution in [0.25, 0.3) is 0 Å². The molecule has 0 aliphatic carbocycles. The van der Waals surface area contributed by atoms with E-state index in [-0.39, 0.29) is 0 Å². The van der Waals surface area contributed by atoms with Gasteiger partial charge in [0.25, 0.3) is 0 Å². The molecular formula is C15H15O3P. The highest BCUT2D eigenvalue weighted by Gasteiger charge is 2.37. The van der Waals surface area contributed by atoms with Gasteiger partial charge < -0.3 is 9.67 Å². The monoisotopic (exact) mass is 274 g/mol. The van der Waals surface area contributed by atoms with Crippen LogP contribution in [0.1, 0.15) is 6.92 Å². The minimum absolute atomic E-state index is 0.580. The van der Waals surface area contributed by atoms with Crippen LogP contribution in [0.4, 0.5) is 0 Å². The molecule has 0 aliphatic heterocycles. The lowest BCUT2D eigenvalue weighted by molar-refractivity contribution is -0.136. The lowest BCUT2D eigenvalue weighted by atomic mass is 10.4. The van der Waals surface area contributed by atoms with Crippen LogP contribution in [0.15, 0.2) is 60.7 Å². The van der Waals surface area contributed by atoms with Gasteiger partial charge in [0, 0.05) is 10.6 Å². The lowest BCUT2D eigenvalue weighted by Crippen LogP contribution is -2.29. The summed E-state index contributed by atoms with van der Waals surface area (Å²) in [5, 5.41) is 10.4. The van der Waals surface area contributed by atoms with E-state index in [2.05, 4.69) is 0 Å². The van der Waals surface area contributed by atoms with E-state index in [0.717, 1.165) is 0 Å². The van der Waals surface area contributed by atoms with Gasteiger partial charge in [-0.1, -0.05) is 60.7 Å².